The summed E-state index contributed by atoms with van der Waals surface area (Å²) in [6.07, 6.45) is 2.03. The first-order valence-corrected chi connectivity index (χ1v) is 8.92. The molecule has 0 unspecified atom stereocenters. The van der Waals surface area contributed by atoms with Gasteiger partial charge in [0.2, 0.25) is 0 Å². The highest BCUT2D eigenvalue weighted by atomic mass is 16.5. The molecule has 1 fully saturated rings. The molecule has 0 spiro atoms. The van der Waals surface area contributed by atoms with Gasteiger partial charge in [0.25, 0.3) is 5.91 Å². The van der Waals surface area contributed by atoms with E-state index in [2.05, 4.69) is 29.2 Å². The Morgan fingerprint density at radius 1 is 1.04 bits per heavy atom. The van der Waals surface area contributed by atoms with Crippen LogP contribution in [0.5, 0.6) is 5.75 Å². The first kappa shape index (κ1) is 17.5. The topological polar surface area (TPSA) is 32.8 Å². The van der Waals surface area contributed by atoms with E-state index in [1.165, 1.54) is 5.56 Å². The highest BCUT2D eigenvalue weighted by Gasteiger charge is 2.25. The minimum atomic E-state index is 0.0466. The maximum absolute atomic E-state index is 12.4. The predicted molar refractivity (Wildman–Crippen MR) is 99.4 cm³/mol. The first-order valence-electron chi connectivity index (χ1n) is 8.92. The Labute approximate surface area is 150 Å². The number of nitrogens with zero attached hydrogens (tertiary/aromatic N) is 2. The van der Waals surface area contributed by atoms with Gasteiger partial charge < -0.3 is 9.64 Å². The van der Waals surface area contributed by atoms with Crippen molar-refractivity contribution in [2.24, 2.45) is 0 Å². The minimum Gasteiger partial charge on any atom is -0.484 e. The summed E-state index contributed by atoms with van der Waals surface area (Å²) in [5.74, 6) is 0.785. The maximum Gasteiger partial charge on any atom is 0.260 e. The molecule has 0 radical (unpaired) electrons. The third kappa shape index (κ3) is 5.07. The number of amides is 1. The van der Waals surface area contributed by atoms with E-state index in [1.807, 2.05) is 48.3 Å². The van der Waals surface area contributed by atoms with Crippen LogP contribution in [-0.2, 0) is 11.3 Å². The Balaban J connectivity index is 1.43. The third-order valence-corrected chi connectivity index (χ3v) is 4.85. The Morgan fingerprint density at radius 2 is 1.64 bits per heavy atom. The quantitative estimate of drug-likeness (QED) is 0.811. The molecule has 1 heterocycles. The van der Waals surface area contributed by atoms with Gasteiger partial charge in [-0.2, -0.15) is 0 Å². The summed E-state index contributed by atoms with van der Waals surface area (Å²) in [4.78, 5) is 16.7. The number of benzene rings is 2. The lowest BCUT2D eigenvalue weighted by molar-refractivity contribution is -0.135. The molecule has 1 saturated heterocycles. The van der Waals surface area contributed by atoms with Crippen LogP contribution in [0.4, 0.5) is 0 Å². The zero-order chi connectivity index (χ0) is 17.5. The molecule has 4 heteroatoms. The smallest absolute Gasteiger partial charge is 0.260 e. The number of hydrogen-bond donors (Lipinski definition) is 0. The van der Waals surface area contributed by atoms with Crippen molar-refractivity contribution in [2.45, 2.75) is 25.4 Å². The average molecular weight is 338 g/mol. The van der Waals surface area contributed by atoms with Crippen molar-refractivity contribution in [3.8, 4) is 5.75 Å². The number of piperidine rings is 1. The van der Waals surface area contributed by atoms with Crippen LogP contribution in [0.25, 0.3) is 0 Å². The van der Waals surface area contributed by atoms with Crippen molar-refractivity contribution < 1.29 is 9.53 Å². The van der Waals surface area contributed by atoms with Gasteiger partial charge in [-0.25, -0.2) is 0 Å². The van der Waals surface area contributed by atoms with Crippen LogP contribution in [-0.4, -0.2) is 48.5 Å². The Morgan fingerprint density at radius 3 is 2.28 bits per heavy atom. The lowest BCUT2D eigenvalue weighted by Crippen LogP contribution is -2.46. The number of likely N-dealkylation sites (tertiary alicyclic amines) is 1. The molecule has 0 aliphatic carbocycles. The van der Waals surface area contributed by atoms with Crippen LogP contribution >= 0.6 is 0 Å². The number of rotatable bonds is 6. The fourth-order valence-corrected chi connectivity index (χ4v) is 3.27. The van der Waals surface area contributed by atoms with Crippen LogP contribution < -0.4 is 4.74 Å². The Bertz CT molecular complexity index is 652. The second kappa shape index (κ2) is 8.67. The van der Waals surface area contributed by atoms with E-state index in [9.17, 15) is 4.79 Å². The van der Waals surface area contributed by atoms with Gasteiger partial charge in [0.05, 0.1) is 0 Å². The minimum absolute atomic E-state index is 0.0466. The van der Waals surface area contributed by atoms with Crippen LogP contribution in [0.1, 0.15) is 18.4 Å². The molecule has 0 saturated carbocycles. The first-order chi connectivity index (χ1) is 12.2. The van der Waals surface area contributed by atoms with Crippen molar-refractivity contribution in [3.63, 3.8) is 0 Å². The summed E-state index contributed by atoms with van der Waals surface area (Å²) in [5.41, 5.74) is 1.35. The van der Waals surface area contributed by atoms with E-state index >= 15 is 0 Å². The van der Waals surface area contributed by atoms with Crippen molar-refractivity contribution in [1.29, 1.82) is 0 Å². The molecule has 132 valence electrons. The van der Waals surface area contributed by atoms with Crippen LogP contribution in [0.3, 0.4) is 0 Å². The Kier molecular flexibility index (Phi) is 6.07. The molecule has 0 atom stereocenters. The molecule has 1 aliphatic heterocycles. The summed E-state index contributed by atoms with van der Waals surface area (Å²) < 4.78 is 5.58. The van der Waals surface area contributed by atoms with Crippen molar-refractivity contribution in [2.75, 3.05) is 26.7 Å². The second-order valence-electron chi connectivity index (χ2n) is 6.60. The van der Waals surface area contributed by atoms with E-state index < -0.39 is 0 Å². The monoisotopic (exact) mass is 338 g/mol. The van der Waals surface area contributed by atoms with E-state index in [4.69, 9.17) is 4.74 Å². The molecule has 25 heavy (non-hydrogen) atoms. The maximum atomic E-state index is 12.4. The van der Waals surface area contributed by atoms with E-state index in [-0.39, 0.29) is 12.5 Å². The lowest BCUT2D eigenvalue weighted by atomic mass is 10.0. The fourth-order valence-electron chi connectivity index (χ4n) is 3.27. The van der Waals surface area contributed by atoms with Gasteiger partial charge in [0, 0.05) is 32.7 Å². The molecule has 0 bridgehead atoms. The van der Waals surface area contributed by atoms with E-state index in [0.717, 1.165) is 38.2 Å². The molecule has 4 nitrogen and oxygen atoms in total. The van der Waals surface area contributed by atoms with E-state index in [1.54, 1.807) is 0 Å². The summed E-state index contributed by atoms with van der Waals surface area (Å²) in [6.45, 7) is 3.14. The standard InChI is InChI=1S/C21H26N2O2/c1-22(21(24)17-25-20-10-6-3-7-11-20)19-12-14-23(15-13-19)16-18-8-4-2-5-9-18/h2-11,19H,12-17H2,1H3. The number of hydrogen-bond acceptors (Lipinski definition) is 3. The molecule has 0 N–H and O–H groups in total. The highest BCUT2D eigenvalue weighted by Crippen LogP contribution is 2.18. The Hall–Kier alpha value is -2.33. The summed E-state index contributed by atoms with van der Waals surface area (Å²) in [5, 5.41) is 0. The van der Waals surface area contributed by atoms with E-state index in [0.29, 0.717) is 6.04 Å². The zero-order valence-corrected chi connectivity index (χ0v) is 14.8. The molecular weight excluding hydrogens is 312 g/mol. The van der Waals surface area contributed by atoms with Crippen molar-refractivity contribution >= 4 is 5.91 Å². The molecule has 1 aliphatic rings. The molecule has 2 aromatic rings. The number of likely N-dealkylation sites (N-methyl/N-ethyl adjacent to an activating group) is 1. The highest BCUT2D eigenvalue weighted by molar-refractivity contribution is 5.77. The molecular formula is C21H26N2O2. The fraction of sp³-hybridized carbons (Fsp3) is 0.381. The van der Waals surface area contributed by atoms with Crippen molar-refractivity contribution in [3.05, 3.63) is 66.2 Å². The molecule has 0 aromatic heterocycles. The number of carbonyl (C=O) groups is 1. The van der Waals surface area contributed by atoms with Gasteiger partial charge >= 0.3 is 0 Å². The lowest BCUT2D eigenvalue weighted by Gasteiger charge is -2.36. The van der Waals surface area contributed by atoms with Gasteiger partial charge in [-0.05, 0) is 30.5 Å². The zero-order valence-electron chi connectivity index (χ0n) is 14.8. The largest absolute Gasteiger partial charge is 0.484 e. The molecule has 2 aromatic carbocycles. The van der Waals surface area contributed by atoms with Gasteiger partial charge in [-0.3, -0.25) is 9.69 Å². The summed E-state index contributed by atoms with van der Waals surface area (Å²) in [6, 6.07) is 20.4. The van der Waals surface area contributed by atoms with Crippen LogP contribution in [0.2, 0.25) is 0 Å². The van der Waals surface area contributed by atoms with Gasteiger partial charge in [-0.15, -0.1) is 0 Å². The van der Waals surface area contributed by atoms with Gasteiger partial charge in [0.1, 0.15) is 5.75 Å². The number of ether oxygens (including phenoxy) is 1. The molecule has 3 rings (SSSR count). The van der Waals surface area contributed by atoms with Gasteiger partial charge in [0.15, 0.2) is 6.61 Å². The average Bonchev–Trinajstić information content (AvgIpc) is 2.68. The van der Waals surface area contributed by atoms with Gasteiger partial charge in [-0.1, -0.05) is 48.5 Å². The number of carbonyl (C=O) groups excluding carboxylic acids is 1. The molecule has 1 amide bonds. The third-order valence-electron chi connectivity index (χ3n) is 4.85. The van der Waals surface area contributed by atoms with Crippen LogP contribution in [0, 0.1) is 0 Å². The number of para-hydroxylation sites is 1. The van der Waals surface area contributed by atoms with Crippen LogP contribution in [0.15, 0.2) is 60.7 Å². The predicted octanol–water partition coefficient (Wildman–Crippen LogP) is 3.19. The van der Waals surface area contributed by atoms with Crippen molar-refractivity contribution in [1.82, 2.24) is 9.80 Å². The summed E-state index contributed by atoms with van der Waals surface area (Å²) in [7, 11) is 1.90. The SMILES string of the molecule is CN(C(=O)COc1ccccc1)C1CCN(Cc2ccccc2)CC1. The summed E-state index contributed by atoms with van der Waals surface area (Å²) >= 11 is 0. The normalized spacial score (nSPS) is 15.7. The second-order valence-corrected chi connectivity index (χ2v) is 6.60.